The highest BCUT2D eigenvalue weighted by Gasteiger charge is 2.50. The Bertz CT molecular complexity index is 937. The minimum atomic E-state index is -1.67. The molecule has 13 nitrogen and oxygen atoms in total. The van der Waals surface area contributed by atoms with Crippen LogP contribution in [0.15, 0.2) is 0 Å². The molecule has 2 aliphatic rings. The lowest BCUT2D eigenvalue weighted by atomic mass is 9.97. The Hall–Kier alpha value is -1.42. The van der Waals surface area contributed by atoms with E-state index in [4.69, 9.17) is 23.7 Å². The Morgan fingerprint density at radius 1 is 0.569 bits per heavy atom. The van der Waals surface area contributed by atoms with Crippen LogP contribution in [0, 0.1) is 0 Å². The van der Waals surface area contributed by atoms with E-state index < -0.39 is 85.6 Å². The molecule has 13 heteroatoms. The number of rotatable bonds is 27. The van der Waals surface area contributed by atoms with Crippen molar-refractivity contribution in [3.05, 3.63) is 0 Å². The SMILES string of the molecule is CCCCCCCCCCC(CC(=O)O)OC(=O)CC(CCCCCCCCCC)O[C@@H]1O[C@@H](C)[C@H](O)[C@@H](O)[C@H]1O[C@@H]1O[C@@H](C)[C@H](O)[C@@H](O)[C@H]1O. The molecule has 0 aromatic carbocycles. The summed E-state index contributed by atoms with van der Waals surface area (Å²) in [5.74, 6) is -1.65. The van der Waals surface area contributed by atoms with Crippen molar-refractivity contribution >= 4 is 11.9 Å². The van der Waals surface area contributed by atoms with Crippen LogP contribution in [0.2, 0.25) is 0 Å². The van der Waals surface area contributed by atoms with Crippen LogP contribution < -0.4 is 0 Å². The highest BCUT2D eigenvalue weighted by Crippen LogP contribution is 2.31. The van der Waals surface area contributed by atoms with Crippen molar-refractivity contribution in [1.82, 2.24) is 0 Å². The van der Waals surface area contributed by atoms with Gasteiger partial charge in [0.05, 0.1) is 31.2 Å². The van der Waals surface area contributed by atoms with Crippen LogP contribution in [0.25, 0.3) is 0 Å². The second-order valence-corrected chi connectivity index (χ2v) is 14.7. The van der Waals surface area contributed by atoms with E-state index in [-0.39, 0.29) is 12.8 Å². The lowest BCUT2D eigenvalue weighted by Crippen LogP contribution is -2.63. The Balaban J connectivity index is 2.11. The van der Waals surface area contributed by atoms with E-state index in [0.717, 1.165) is 57.8 Å². The molecule has 0 bridgehead atoms. The average Bonchev–Trinajstić information content (AvgIpc) is 3.08. The first-order valence-electron chi connectivity index (χ1n) is 19.8. The topological polar surface area (TPSA) is 202 Å². The Morgan fingerprint density at radius 3 is 1.53 bits per heavy atom. The number of hydrogen-bond donors (Lipinski definition) is 6. The first kappa shape index (κ1) is 45.7. The molecule has 0 amide bonds. The van der Waals surface area contributed by atoms with Gasteiger partial charge < -0.3 is 54.3 Å². The number of aliphatic hydroxyl groups is 5. The van der Waals surface area contributed by atoms with Gasteiger partial charge in [-0.1, -0.05) is 110 Å². The summed E-state index contributed by atoms with van der Waals surface area (Å²) < 4.78 is 29.4. The largest absolute Gasteiger partial charge is 0.481 e. The maximum absolute atomic E-state index is 13.3. The van der Waals surface area contributed by atoms with Crippen LogP contribution in [0.3, 0.4) is 0 Å². The third kappa shape index (κ3) is 17.1. The number of carboxylic acid groups (broad SMARTS) is 1. The minimum absolute atomic E-state index is 0.200. The molecule has 0 saturated carbocycles. The van der Waals surface area contributed by atoms with Crippen LogP contribution >= 0.6 is 0 Å². The molecule has 0 spiro atoms. The number of esters is 1. The van der Waals surface area contributed by atoms with Gasteiger partial charge in [-0.2, -0.15) is 0 Å². The van der Waals surface area contributed by atoms with Gasteiger partial charge in [0.1, 0.15) is 42.7 Å². The summed E-state index contributed by atoms with van der Waals surface area (Å²) >= 11 is 0. The van der Waals surface area contributed by atoms with E-state index in [1.807, 2.05) is 0 Å². The van der Waals surface area contributed by atoms with E-state index >= 15 is 0 Å². The fourth-order valence-corrected chi connectivity index (χ4v) is 6.77. The number of carbonyl (C=O) groups excluding carboxylic acids is 1. The Kier molecular flexibility index (Phi) is 22.9. The lowest BCUT2D eigenvalue weighted by Gasteiger charge is -2.46. The van der Waals surface area contributed by atoms with E-state index in [1.54, 1.807) is 6.92 Å². The molecule has 2 rings (SSSR count). The molecular weight excluding hydrogens is 664 g/mol. The van der Waals surface area contributed by atoms with Crippen LogP contribution in [-0.4, -0.2) is 116 Å². The third-order valence-electron chi connectivity index (χ3n) is 10.1. The van der Waals surface area contributed by atoms with Crippen LogP contribution in [0.5, 0.6) is 0 Å². The Labute approximate surface area is 305 Å². The number of aliphatic carboxylic acids is 1. The number of carbonyl (C=O) groups is 2. The average molecular weight is 735 g/mol. The zero-order valence-electron chi connectivity index (χ0n) is 31.6. The zero-order valence-corrected chi connectivity index (χ0v) is 31.6. The molecule has 51 heavy (non-hydrogen) atoms. The minimum Gasteiger partial charge on any atom is -0.481 e. The molecule has 0 aromatic heterocycles. The van der Waals surface area contributed by atoms with Crippen LogP contribution in [0.1, 0.15) is 156 Å². The smallest absolute Gasteiger partial charge is 0.308 e. The predicted octanol–water partition coefficient (Wildman–Crippen LogP) is 4.89. The second kappa shape index (κ2) is 25.6. The zero-order chi connectivity index (χ0) is 37.8. The monoisotopic (exact) mass is 734 g/mol. The summed E-state index contributed by atoms with van der Waals surface area (Å²) in [7, 11) is 0. The molecule has 2 saturated heterocycles. The van der Waals surface area contributed by atoms with Gasteiger partial charge in [-0.3, -0.25) is 9.59 Å². The van der Waals surface area contributed by atoms with Crippen molar-refractivity contribution in [1.29, 1.82) is 0 Å². The molecule has 2 aliphatic heterocycles. The molecule has 12 atom stereocenters. The van der Waals surface area contributed by atoms with Crippen molar-refractivity contribution in [3.63, 3.8) is 0 Å². The predicted molar refractivity (Wildman–Crippen MR) is 190 cm³/mol. The van der Waals surface area contributed by atoms with Crippen molar-refractivity contribution < 1.29 is 63.9 Å². The highest BCUT2D eigenvalue weighted by molar-refractivity contribution is 5.72. The van der Waals surface area contributed by atoms with Gasteiger partial charge in [0, 0.05) is 0 Å². The third-order valence-corrected chi connectivity index (χ3v) is 10.1. The van der Waals surface area contributed by atoms with E-state index in [0.29, 0.717) is 12.8 Å². The van der Waals surface area contributed by atoms with Crippen molar-refractivity contribution in [2.45, 2.75) is 230 Å². The number of hydrogen-bond acceptors (Lipinski definition) is 12. The first-order chi connectivity index (χ1) is 24.4. The summed E-state index contributed by atoms with van der Waals surface area (Å²) in [5.41, 5.74) is 0. The van der Waals surface area contributed by atoms with Crippen molar-refractivity contribution in [2.75, 3.05) is 0 Å². The summed E-state index contributed by atoms with van der Waals surface area (Å²) in [4.78, 5) is 24.9. The standard InChI is InChI=1S/C38H70O13/c1-5-7-9-11-13-15-17-19-21-27(23-29(39)40)49-30(41)24-28(22-20-18-16-14-12-10-8-6-2)50-38-36(34(45)32(43)26(4)48-38)51-37-35(46)33(44)31(42)25(3)47-37/h25-28,31-38,42-46H,5-24H2,1-4H3,(H,39,40)/t25-,26-,27?,28?,31-,32-,33+,34+,35+,36+,37-,38-/m0/s1. The fourth-order valence-electron chi connectivity index (χ4n) is 6.77. The molecule has 0 aromatic rings. The van der Waals surface area contributed by atoms with Gasteiger partial charge >= 0.3 is 11.9 Å². The molecule has 0 radical (unpaired) electrons. The number of aliphatic hydroxyl groups excluding tert-OH is 5. The van der Waals surface area contributed by atoms with Gasteiger partial charge in [0.25, 0.3) is 0 Å². The van der Waals surface area contributed by atoms with Crippen LogP contribution in [-0.2, 0) is 33.3 Å². The maximum Gasteiger partial charge on any atom is 0.308 e. The first-order valence-corrected chi connectivity index (χ1v) is 19.8. The quantitative estimate of drug-likeness (QED) is 0.0493. The molecule has 2 fully saturated rings. The number of ether oxygens (including phenoxy) is 5. The molecule has 2 heterocycles. The molecule has 0 aliphatic carbocycles. The lowest BCUT2D eigenvalue weighted by molar-refractivity contribution is -0.366. The summed E-state index contributed by atoms with van der Waals surface area (Å²) in [6.45, 7) is 7.40. The van der Waals surface area contributed by atoms with Gasteiger partial charge in [0.15, 0.2) is 12.6 Å². The van der Waals surface area contributed by atoms with Gasteiger partial charge in [-0.25, -0.2) is 0 Å². The molecule has 2 unspecified atom stereocenters. The normalized spacial score (nSPS) is 30.9. The van der Waals surface area contributed by atoms with E-state index in [1.165, 1.54) is 51.9 Å². The number of unbranched alkanes of at least 4 members (excludes halogenated alkanes) is 14. The summed E-state index contributed by atoms with van der Waals surface area (Å²) in [5, 5.41) is 62.2. The van der Waals surface area contributed by atoms with Gasteiger partial charge in [-0.15, -0.1) is 0 Å². The summed E-state index contributed by atoms with van der Waals surface area (Å²) in [6, 6.07) is 0. The van der Waals surface area contributed by atoms with Crippen molar-refractivity contribution in [2.24, 2.45) is 0 Å². The summed E-state index contributed by atoms with van der Waals surface area (Å²) in [6.07, 6.45) is 2.54. The van der Waals surface area contributed by atoms with Gasteiger partial charge in [0.2, 0.25) is 0 Å². The molecule has 6 N–H and O–H groups in total. The fraction of sp³-hybridized carbons (Fsp3) is 0.947. The van der Waals surface area contributed by atoms with E-state index in [9.17, 15) is 40.2 Å². The maximum atomic E-state index is 13.3. The second-order valence-electron chi connectivity index (χ2n) is 14.7. The van der Waals surface area contributed by atoms with Crippen molar-refractivity contribution in [3.8, 4) is 0 Å². The highest BCUT2D eigenvalue weighted by atomic mass is 16.8. The Morgan fingerprint density at radius 2 is 1.02 bits per heavy atom. The van der Waals surface area contributed by atoms with Gasteiger partial charge in [-0.05, 0) is 33.1 Å². The number of carboxylic acids is 1. The molecular formula is C38H70O13. The van der Waals surface area contributed by atoms with E-state index in [2.05, 4.69) is 13.8 Å². The molecule has 300 valence electrons. The van der Waals surface area contributed by atoms with Crippen LogP contribution in [0.4, 0.5) is 0 Å².